The molecule has 0 bridgehead atoms. The van der Waals surface area contributed by atoms with E-state index in [2.05, 4.69) is 20.2 Å². The Morgan fingerprint density at radius 2 is 1.79 bits per heavy atom. The number of hydrogen-bond donors (Lipinski definition) is 1. The molecule has 1 fully saturated rings. The first-order valence-corrected chi connectivity index (χ1v) is 8.15. The smallest absolute Gasteiger partial charge is 0.254 e. The zero-order chi connectivity index (χ0) is 17.1. The van der Waals surface area contributed by atoms with Crippen molar-refractivity contribution in [2.45, 2.75) is 32.7 Å². The zero-order valence-electron chi connectivity index (χ0n) is 13.9. The molecule has 0 spiro atoms. The highest BCUT2D eigenvalue weighted by molar-refractivity contribution is 5.94. The van der Waals surface area contributed by atoms with E-state index in [9.17, 15) is 9.18 Å². The molecule has 2 heterocycles. The Bertz CT molecular complexity index is 721. The number of aryl methyl sites for hydroxylation is 2. The summed E-state index contributed by atoms with van der Waals surface area (Å²) in [4.78, 5) is 23.3. The number of benzene rings is 1. The van der Waals surface area contributed by atoms with E-state index in [-0.39, 0.29) is 17.5 Å². The highest BCUT2D eigenvalue weighted by Crippen LogP contribution is 2.18. The topological polar surface area (TPSA) is 58.1 Å². The maximum absolute atomic E-state index is 13.7. The third kappa shape index (κ3) is 3.69. The number of rotatable bonds is 3. The van der Waals surface area contributed by atoms with E-state index in [1.54, 1.807) is 12.1 Å². The van der Waals surface area contributed by atoms with Gasteiger partial charge in [-0.2, -0.15) is 0 Å². The molecule has 6 heteroatoms. The van der Waals surface area contributed by atoms with E-state index in [4.69, 9.17) is 0 Å². The Kier molecular flexibility index (Phi) is 4.74. The number of carbonyl (C=O) groups is 1. The summed E-state index contributed by atoms with van der Waals surface area (Å²) in [6.45, 7) is 5.45. The number of halogens is 1. The molecule has 126 valence electrons. The number of aromatic nitrogens is 2. The molecular formula is C18H21FN4O. The number of carbonyl (C=O) groups excluding carboxylic acids is 1. The highest BCUT2D eigenvalue weighted by atomic mass is 19.1. The van der Waals surface area contributed by atoms with Crippen LogP contribution in [0.5, 0.6) is 0 Å². The Morgan fingerprint density at radius 3 is 2.42 bits per heavy atom. The summed E-state index contributed by atoms with van der Waals surface area (Å²) < 4.78 is 13.7. The third-order valence-electron chi connectivity index (χ3n) is 4.20. The van der Waals surface area contributed by atoms with Crippen LogP contribution in [0.15, 0.2) is 30.3 Å². The van der Waals surface area contributed by atoms with Crippen molar-refractivity contribution >= 4 is 11.9 Å². The molecule has 3 rings (SSSR count). The first-order chi connectivity index (χ1) is 11.5. The predicted molar refractivity (Wildman–Crippen MR) is 90.6 cm³/mol. The van der Waals surface area contributed by atoms with Gasteiger partial charge in [-0.15, -0.1) is 0 Å². The maximum Gasteiger partial charge on any atom is 0.254 e. The fraction of sp³-hybridized carbons (Fsp3) is 0.389. The van der Waals surface area contributed by atoms with Gasteiger partial charge in [-0.05, 0) is 44.9 Å². The summed E-state index contributed by atoms with van der Waals surface area (Å²) in [6.07, 6.45) is 1.58. The van der Waals surface area contributed by atoms with Gasteiger partial charge >= 0.3 is 0 Å². The minimum absolute atomic E-state index is 0.0410. The van der Waals surface area contributed by atoms with E-state index in [1.165, 1.54) is 12.1 Å². The van der Waals surface area contributed by atoms with Gasteiger partial charge in [0.15, 0.2) is 0 Å². The summed E-state index contributed by atoms with van der Waals surface area (Å²) in [5.41, 5.74) is 2.00. The van der Waals surface area contributed by atoms with E-state index < -0.39 is 5.82 Å². The molecule has 1 aliphatic heterocycles. The van der Waals surface area contributed by atoms with Crippen LogP contribution in [0.3, 0.4) is 0 Å². The number of anilines is 1. The van der Waals surface area contributed by atoms with Gasteiger partial charge in [0.1, 0.15) is 5.82 Å². The molecule has 0 saturated carbocycles. The second kappa shape index (κ2) is 6.95. The molecule has 1 amide bonds. The van der Waals surface area contributed by atoms with Crippen LogP contribution in [-0.4, -0.2) is 35.0 Å². The second-order valence-corrected chi connectivity index (χ2v) is 6.17. The number of hydrogen-bond acceptors (Lipinski definition) is 4. The molecule has 1 saturated heterocycles. The summed E-state index contributed by atoms with van der Waals surface area (Å²) >= 11 is 0. The lowest BCUT2D eigenvalue weighted by Gasteiger charge is -2.32. The lowest BCUT2D eigenvalue weighted by atomic mass is 10.0. The molecule has 1 aliphatic rings. The first-order valence-electron chi connectivity index (χ1n) is 8.15. The Hall–Kier alpha value is -2.50. The molecular weight excluding hydrogens is 307 g/mol. The van der Waals surface area contributed by atoms with Crippen molar-refractivity contribution in [2.24, 2.45) is 0 Å². The van der Waals surface area contributed by atoms with Crippen LogP contribution in [-0.2, 0) is 0 Å². The van der Waals surface area contributed by atoms with Crippen molar-refractivity contribution in [1.82, 2.24) is 15.3 Å². The molecule has 1 aromatic carbocycles. The summed E-state index contributed by atoms with van der Waals surface area (Å²) in [5.74, 6) is -0.100. The van der Waals surface area contributed by atoms with Gasteiger partial charge in [0.2, 0.25) is 5.95 Å². The number of piperidine rings is 1. The van der Waals surface area contributed by atoms with Gasteiger partial charge in [-0.1, -0.05) is 12.1 Å². The minimum Gasteiger partial charge on any atom is -0.349 e. The van der Waals surface area contributed by atoms with Gasteiger partial charge in [0.05, 0.1) is 5.56 Å². The van der Waals surface area contributed by atoms with Gasteiger partial charge in [0, 0.05) is 30.5 Å². The van der Waals surface area contributed by atoms with Crippen LogP contribution in [0.1, 0.15) is 34.6 Å². The summed E-state index contributed by atoms with van der Waals surface area (Å²) in [7, 11) is 0. The van der Waals surface area contributed by atoms with Gasteiger partial charge in [-0.3, -0.25) is 4.79 Å². The standard InChI is InChI=1S/C18H21FN4O/c1-12-11-13(2)21-18(20-12)23-9-7-14(8-10-23)22-17(24)15-5-3-4-6-16(15)19/h3-6,11,14H,7-10H2,1-2H3,(H,22,24). The molecule has 0 aliphatic carbocycles. The number of nitrogens with zero attached hydrogens (tertiary/aromatic N) is 3. The summed E-state index contributed by atoms with van der Waals surface area (Å²) in [5, 5.41) is 2.92. The minimum atomic E-state index is -0.490. The molecule has 24 heavy (non-hydrogen) atoms. The van der Waals surface area contributed by atoms with Crippen LogP contribution in [0, 0.1) is 19.7 Å². The fourth-order valence-electron chi connectivity index (χ4n) is 2.98. The highest BCUT2D eigenvalue weighted by Gasteiger charge is 2.23. The molecule has 0 unspecified atom stereocenters. The Balaban J connectivity index is 1.59. The predicted octanol–water partition coefficient (Wildman–Crippen LogP) is 2.63. The normalized spacial score (nSPS) is 15.4. The van der Waals surface area contributed by atoms with Crippen molar-refractivity contribution in [3.05, 3.63) is 53.1 Å². The van der Waals surface area contributed by atoms with Crippen LogP contribution >= 0.6 is 0 Å². The number of nitrogens with one attached hydrogen (secondary N) is 1. The molecule has 0 radical (unpaired) electrons. The second-order valence-electron chi connectivity index (χ2n) is 6.17. The van der Waals surface area contributed by atoms with Crippen LogP contribution in [0.2, 0.25) is 0 Å². The quantitative estimate of drug-likeness (QED) is 0.941. The van der Waals surface area contributed by atoms with E-state index in [0.29, 0.717) is 0 Å². The number of amides is 1. The van der Waals surface area contributed by atoms with Crippen LogP contribution < -0.4 is 10.2 Å². The lowest BCUT2D eigenvalue weighted by molar-refractivity contribution is 0.0927. The van der Waals surface area contributed by atoms with Crippen LogP contribution in [0.25, 0.3) is 0 Å². The average molecular weight is 328 g/mol. The molecule has 1 aromatic heterocycles. The van der Waals surface area contributed by atoms with E-state index >= 15 is 0 Å². The summed E-state index contributed by atoms with van der Waals surface area (Å²) in [6, 6.07) is 8.04. The SMILES string of the molecule is Cc1cc(C)nc(N2CCC(NC(=O)c3ccccc3F)CC2)n1. The maximum atomic E-state index is 13.7. The largest absolute Gasteiger partial charge is 0.349 e. The third-order valence-corrected chi connectivity index (χ3v) is 4.20. The van der Waals surface area contributed by atoms with Crippen molar-refractivity contribution in [3.8, 4) is 0 Å². The van der Waals surface area contributed by atoms with Gasteiger partial charge in [-0.25, -0.2) is 14.4 Å². The van der Waals surface area contributed by atoms with Crippen molar-refractivity contribution in [3.63, 3.8) is 0 Å². The monoisotopic (exact) mass is 328 g/mol. The zero-order valence-corrected chi connectivity index (χ0v) is 13.9. The molecule has 5 nitrogen and oxygen atoms in total. The van der Waals surface area contributed by atoms with Gasteiger partial charge < -0.3 is 10.2 Å². The van der Waals surface area contributed by atoms with E-state index in [0.717, 1.165) is 43.3 Å². The molecule has 1 N–H and O–H groups in total. The Morgan fingerprint density at radius 1 is 1.17 bits per heavy atom. The Labute approximate surface area is 140 Å². The van der Waals surface area contributed by atoms with Gasteiger partial charge in [0.25, 0.3) is 5.91 Å². The first kappa shape index (κ1) is 16.4. The average Bonchev–Trinajstić information content (AvgIpc) is 2.55. The van der Waals surface area contributed by atoms with Crippen molar-refractivity contribution < 1.29 is 9.18 Å². The van der Waals surface area contributed by atoms with Crippen molar-refractivity contribution in [2.75, 3.05) is 18.0 Å². The fourth-order valence-corrected chi connectivity index (χ4v) is 2.98. The van der Waals surface area contributed by atoms with E-state index in [1.807, 2.05) is 19.9 Å². The van der Waals surface area contributed by atoms with Crippen molar-refractivity contribution in [1.29, 1.82) is 0 Å². The molecule has 2 aromatic rings. The van der Waals surface area contributed by atoms with Crippen LogP contribution in [0.4, 0.5) is 10.3 Å². The lowest BCUT2D eigenvalue weighted by Crippen LogP contribution is -2.45. The molecule has 0 atom stereocenters.